The molecular formula is C16H23NO3. The van der Waals surface area contributed by atoms with Gasteiger partial charge >= 0.3 is 5.97 Å². The van der Waals surface area contributed by atoms with Crippen LogP contribution in [0.3, 0.4) is 0 Å². The van der Waals surface area contributed by atoms with Gasteiger partial charge in [-0.15, -0.1) is 0 Å². The minimum atomic E-state index is -0.985. The third-order valence-electron chi connectivity index (χ3n) is 3.77. The van der Waals surface area contributed by atoms with Crippen molar-refractivity contribution in [3.63, 3.8) is 0 Å². The van der Waals surface area contributed by atoms with Crippen LogP contribution in [-0.2, 0) is 16.0 Å². The van der Waals surface area contributed by atoms with Crippen LogP contribution >= 0.6 is 0 Å². The lowest BCUT2D eigenvalue weighted by Gasteiger charge is -2.23. The molecule has 110 valence electrons. The maximum absolute atomic E-state index is 12.1. The molecule has 2 atom stereocenters. The molecule has 0 bridgehead atoms. The first-order valence-electron chi connectivity index (χ1n) is 6.94. The number of hydrogen-bond acceptors (Lipinski definition) is 2. The average Bonchev–Trinajstić information content (AvgIpc) is 2.45. The van der Waals surface area contributed by atoms with E-state index < -0.39 is 12.0 Å². The van der Waals surface area contributed by atoms with Crippen LogP contribution in [0.2, 0.25) is 0 Å². The molecule has 0 saturated heterocycles. The molecule has 1 aromatic carbocycles. The van der Waals surface area contributed by atoms with Gasteiger partial charge in [0.15, 0.2) is 0 Å². The van der Waals surface area contributed by atoms with Crippen molar-refractivity contribution < 1.29 is 14.7 Å². The number of amides is 1. The minimum Gasteiger partial charge on any atom is -0.480 e. The zero-order valence-electron chi connectivity index (χ0n) is 12.6. The van der Waals surface area contributed by atoms with Crippen molar-refractivity contribution in [1.29, 1.82) is 0 Å². The lowest BCUT2D eigenvalue weighted by Crippen LogP contribution is -2.40. The number of carbonyl (C=O) groups excluding carboxylic acids is 1. The van der Waals surface area contributed by atoms with Gasteiger partial charge in [-0.25, -0.2) is 4.79 Å². The number of carboxylic acids is 1. The zero-order valence-corrected chi connectivity index (χ0v) is 12.6. The Hall–Kier alpha value is -1.84. The Morgan fingerprint density at radius 3 is 2.20 bits per heavy atom. The van der Waals surface area contributed by atoms with Gasteiger partial charge in [0.25, 0.3) is 0 Å². The van der Waals surface area contributed by atoms with Crippen molar-refractivity contribution >= 4 is 11.9 Å². The average molecular weight is 277 g/mol. The monoisotopic (exact) mass is 277 g/mol. The van der Waals surface area contributed by atoms with E-state index in [0.29, 0.717) is 6.42 Å². The highest BCUT2D eigenvalue weighted by Gasteiger charge is 2.23. The van der Waals surface area contributed by atoms with Crippen molar-refractivity contribution in [3.8, 4) is 0 Å². The quantitative estimate of drug-likeness (QED) is 0.869. The van der Waals surface area contributed by atoms with Crippen LogP contribution in [0.15, 0.2) is 24.3 Å². The highest BCUT2D eigenvalue weighted by Crippen LogP contribution is 2.21. The normalized spacial score (nSPS) is 13.6. The summed E-state index contributed by atoms with van der Waals surface area (Å²) in [5.74, 6) is -1.05. The van der Waals surface area contributed by atoms with Gasteiger partial charge in [-0.2, -0.15) is 0 Å². The summed E-state index contributed by atoms with van der Waals surface area (Å²) in [6, 6.07) is 7.42. The molecule has 1 amide bonds. The Morgan fingerprint density at radius 1 is 1.20 bits per heavy atom. The lowest BCUT2D eigenvalue weighted by atomic mass is 9.95. The topological polar surface area (TPSA) is 57.6 Å². The second kappa shape index (κ2) is 7.08. The SMILES string of the molecule is CCc1ccc(C(C)CC(=O)N(C)C(C)C(=O)O)cc1. The minimum absolute atomic E-state index is 0.0804. The predicted octanol–water partition coefficient (Wildman–Crippen LogP) is 2.67. The molecule has 20 heavy (non-hydrogen) atoms. The maximum atomic E-state index is 12.1. The predicted molar refractivity (Wildman–Crippen MR) is 78.7 cm³/mol. The number of rotatable bonds is 6. The molecule has 0 fully saturated rings. The number of nitrogens with zero attached hydrogens (tertiary/aromatic N) is 1. The van der Waals surface area contributed by atoms with Crippen LogP contribution in [0.4, 0.5) is 0 Å². The molecule has 0 saturated carbocycles. The molecule has 0 spiro atoms. The van der Waals surface area contributed by atoms with E-state index in [4.69, 9.17) is 5.11 Å². The van der Waals surface area contributed by atoms with E-state index in [1.165, 1.54) is 24.4 Å². The summed E-state index contributed by atoms with van der Waals surface area (Å²) < 4.78 is 0. The molecular weight excluding hydrogens is 254 g/mol. The number of carbonyl (C=O) groups is 2. The third kappa shape index (κ3) is 4.08. The highest BCUT2D eigenvalue weighted by atomic mass is 16.4. The largest absolute Gasteiger partial charge is 0.480 e. The van der Waals surface area contributed by atoms with Gasteiger partial charge in [0.05, 0.1) is 0 Å². The molecule has 0 aliphatic rings. The Morgan fingerprint density at radius 2 is 1.75 bits per heavy atom. The second-order valence-corrected chi connectivity index (χ2v) is 5.22. The van der Waals surface area contributed by atoms with Crippen molar-refractivity contribution in [2.75, 3.05) is 7.05 Å². The van der Waals surface area contributed by atoms with E-state index in [1.807, 2.05) is 19.1 Å². The summed E-state index contributed by atoms with van der Waals surface area (Å²) in [6.45, 7) is 5.60. The van der Waals surface area contributed by atoms with Crippen LogP contribution < -0.4 is 0 Å². The first kappa shape index (κ1) is 16.2. The molecule has 0 heterocycles. The zero-order chi connectivity index (χ0) is 15.3. The van der Waals surface area contributed by atoms with Crippen molar-refractivity contribution in [2.24, 2.45) is 0 Å². The lowest BCUT2D eigenvalue weighted by molar-refractivity contribution is -0.148. The van der Waals surface area contributed by atoms with Gasteiger partial charge in [-0.05, 0) is 30.4 Å². The van der Waals surface area contributed by atoms with E-state index in [0.717, 1.165) is 12.0 Å². The molecule has 0 radical (unpaired) electrons. The summed E-state index contributed by atoms with van der Waals surface area (Å²) in [7, 11) is 1.54. The highest BCUT2D eigenvalue weighted by molar-refractivity contribution is 5.83. The molecule has 0 aliphatic carbocycles. The fourth-order valence-electron chi connectivity index (χ4n) is 1.99. The van der Waals surface area contributed by atoms with Gasteiger partial charge in [-0.1, -0.05) is 38.1 Å². The molecule has 1 N–H and O–H groups in total. The Balaban J connectivity index is 2.66. The molecule has 4 nitrogen and oxygen atoms in total. The fourth-order valence-corrected chi connectivity index (χ4v) is 1.99. The fraction of sp³-hybridized carbons (Fsp3) is 0.500. The number of benzene rings is 1. The van der Waals surface area contributed by atoms with E-state index in [1.54, 1.807) is 0 Å². The van der Waals surface area contributed by atoms with Gasteiger partial charge in [0, 0.05) is 13.5 Å². The summed E-state index contributed by atoms with van der Waals surface area (Å²) in [4.78, 5) is 24.2. The number of carboxylic acid groups (broad SMARTS) is 1. The standard InChI is InChI=1S/C16H23NO3/c1-5-13-6-8-14(9-7-13)11(2)10-15(18)17(4)12(3)16(19)20/h6-9,11-12H,5,10H2,1-4H3,(H,19,20). The van der Waals surface area contributed by atoms with Gasteiger partial charge in [0.1, 0.15) is 6.04 Å². The van der Waals surface area contributed by atoms with E-state index in [9.17, 15) is 9.59 Å². The summed E-state index contributed by atoms with van der Waals surface area (Å²) >= 11 is 0. The first-order chi connectivity index (χ1) is 9.36. The summed E-state index contributed by atoms with van der Waals surface area (Å²) in [5.41, 5.74) is 2.37. The van der Waals surface area contributed by atoms with E-state index >= 15 is 0 Å². The molecule has 1 rings (SSSR count). The van der Waals surface area contributed by atoms with Gasteiger partial charge < -0.3 is 10.0 Å². The maximum Gasteiger partial charge on any atom is 0.326 e. The number of likely N-dealkylation sites (N-methyl/N-ethyl adjacent to an activating group) is 1. The van der Waals surface area contributed by atoms with E-state index in [-0.39, 0.29) is 11.8 Å². The number of aryl methyl sites for hydroxylation is 1. The summed E-state index contributed by atoms with van der Waals surface area (Å²) in [6.07, 6.45) is 1.31. The van der Waals surface area contributed by atoms with Crippen LogP contribution in [0.1, 0.15) is 44.2 Å². The summed E-state index contributed by atoms with van der Waals surface area (Å²) in [5, 5.41) is 8.92. The molecule has 0 aromatic heterocycles. The van der Waals surface area contributed by atoms with Gasteiger partial charge in [-0.3, -0.25) is 4.79 Å². The van der Waals surface area contributed by atoms with Crippen molar-refractivity contribution in [3.05, 3.63) is 35.4 Å². The molecule has 2 unspecified atom stereocenters. The molecule has 1 aromatic rings. The van der Waals surface area contributed by atoms with E-state index in [2.05, 4.69) is 19.1 Å². The smallest absolute Gasteiger partial charge is 0.326 e. The van der Waals surface area contributed by atoms with Gasteiger partial charge in [0.2, 0.25) is 5.91 Å². The second-order valence-electron chi connectivity index (χ2n) is 5.22. The molecule has 0 aliphatic heterocycles. The van der Waals surface area contributed by atoms with Crippen molar-refractivity contribution in [2.45, 2.75) is 45.6 Å². The third-order valence-corrected chi connectivity index (χ3v) is 3.77. The number of hydrogen-bond donors (Lipinski definition) is 1. The Labute approximate surface area is 120 Å². The van der Waals surface area contributed by atoms with Crippen molar-refractivity contribution in [1.82, 2.24) is 4.90 Å². The molecule has 4 heteroatoms. The number of aliphatic carboxylic acids is 1. The first-order valence-corrected chi connectivity index (χ1v) is 6.94. The Kier molecular flexibility index (Phi) is 5.74. The van der Waals surface area contributed by atoms with Crippen LogP contribution in [-0.4, -0.2) is 35.0 Å². The van der Waals surface area contributed by atoms with Crippen LogP contribution in [0, 0.1) is 0 Å². The van der Waals surface area contributed by atoms with Crippen LogP contribution in [0.5, 0.6) is 0 Å². The Bertz CT molecular complexity index is 467. The van der Waals surface area contributed by atoms with Crippen LogP contribution in [0.25, 0.3) is 0 Å².